The number of anilines is 1. The normalized spacial score (nSPS) is 15.5. The molecule has 1 atom stereocenters. The van der Waals surface area contributed by atoms with E-state index in [0.29, 0.717) is 24.3 Å². The molecule has 3 aromatic rings. The van der Waals surface area contributed by atoms with E-state index in [0.717, 1.165) is 29.6 Å². The second kappa shape index (κ2) is 7.98. The van der Waals surface area contributed by atoms with Crippen LogP contribution in [0.3, 0.4) is 0 Å². The Morgan fingerprint density at radius 2 is 1.81 bits per heavy atom. The molecule has 138 valence electrons. The smallest absolute Gasteiger partial charge is 0.237 e. The number of benzene rings is 2. The Morgan fingerprint density at radius 1 is 1.07 bits per heavy atom. The van der Waals surface area contributed by atoms with Crippen molar-refractivity contribution < 1.29 is 9.53 Å². The molecular formula is C21H21N3O2S. The van der Waals surface area contributed by atoms with Gasteiger partial charge in [-0.25, -0.2) is 4.98 Å². The highest BCUT2D eigenvalue weighted by Crippen LogP contribution is 2.28. The van der Waals surface area contributed by atoms with Crippen molar-refractivity contribution in [3.05, 3.63) is 76.3 Å². The Kier molecular flexibility index (Phi) is 5.27. The molecule has 1 fully saturated rings. The van der Waals surface area contributed by atoms with Gasteiger partial charge in [0.15, 0.2) is 5.78 Å². The number of aromatic nitrogens is 2. The van der Waals surface area contributed by atoms with Gasteiger partial charge in [-0.05, 0) is 23.2 Å². The topological polar surface area (TPSA) is 55.3 Å². The van der Waals surface area contributed by atoms with Crippen molar-refractivity contribution in [2.45, 2.75) is 12.8 Å². The summed E-state index contributed by atoms with van der Waals surface area (Å²) in [5.41, 5.74) is 2.47. The van der Waals surface area contributed by atoms with Crippen LogP contribution >= 0.6 is 11.5 Å². The molecule has 1 saturated heterocycles. The number of rotatable bonds is 5. The molecule has 0 saturated carbocycles. The molecule has 0 bridgehead atoms. The van der Waals surface area contributed by atoms with Gasteiger partial charge in [0.25, 0.3) is 0 Å². The van der Waals surface area contributed by atoms with Crippen molar-refractivity contribution in [3.63, 3.8) is 0 Å². The number of ether oxygens (including phenoxy) is 1. The van der Waals surface area contributed by atoms with Gasteiger partial charge in [-0.15, -0.1) is 0 Å². The number of carbonyl (C=O) groups excluding carboxylic acids is 1. The zero-order valence-electron chi connectivity index (χ0n) is 15.2. The summed E-state index contributed by atoms with van der Waals surface area (Å²) in [7, 11) is 0. The summed E-state index contributed by atoms with van der Waals surface area (Å²) in [6, 6.07) is 17.2. The van der Waals surface area contributed by atoms with Crippen LogP contribution in [0.15, 0.2) is 54.6 Å². The SMILES string of the molecule is CC(c1cccc(C(=O)c2ccccc2)c1)c1nc(N2CCOCC2)ns1. The van der Waals surface area contributed by atoms with Crippen LogP contribution in [0.2, 0.25) is 0 Å². The number of hydrogen-bond donors (Lipinski definition) is 0. The Bertz CT molecular complexity index is 920. The molecule has 0 radical (unpaired) electrons. The molecule has 27 heavy (non-hydrogen) atoms. The number of carbonyl (C=O) groups is 1. The van der Waals surface area contributed by atoms with E-state index in [4.69, 9.17) is 9.72 Å². The zero-order valence-corrected chi connectivity index (χ0v) is 16.0. The monoisotopic (exact) mass is 379 g/mol. The maximum absolute atomic E-state index is 12.7. The van der Waals surface area contributed by atoms with Gasteiger partial charge in [0.1, 0.15) is 5.01 Å². The lowest BCUT2D eigenvalue weighted by molar-refractivity contribution is 0.103. The molecule has 0 spiro atoms. The van der Waals surface area contributed by atoms with Crippen LogP contribution in [0.4, 0.5) is 5.95 Å². The third-order valence-corrected chi connectivity index (χ3v) is 5.67. The summed E-state index contributed by atoms with van der Waals surface area (Å²) in [5.74, 6) is 0.901. The van der Waals surface area contributed by atoms with E-state index < -0.39 is 0 Å². The minimum Gasteiger partial charge on any atom is -0.378 e. The number of hydrogen-bond acceptors (Lipinski definition) is 6. The number of nitrogens with zero attached hydrogens (tertiary/aromatic N) is 3. The van der Waals surface area contributed by atoms with Gasteiger partial charge in [-0.2, -0.15) is 4.37 Å². The predicted molar refractivity (Wildman–Crippen MR) is 107 cm³/mol. The maximum atomic E-state index is 12.7. The van der Waals surface area contributed by atoms with E-state index in [1.54, 1.807) is 0 Å². The first-order valence-electron chi connectivity index (χ1n) is 9.08. The van der Waals surface area contributed by atoms with Crippen LogP contribution in [0.25, 0.3) is 0 Å². The molecule has 6 heteroatoms. The van der Waals surface area contributed by atoms with Gasteiger partial charge >= 0.3 is 0 Å². The molecular weight excluding hydrogens is 358 g/mol. The molecule has 0 aliphatic carbocycles. The van der Waals surface area contributed by atoms with Crippen molar-refractivity contribution in [2.24, 2.45) is 0 Å². The van der Waals surface area contributed by atoms with Crippen LogP contribution in [-0.2, 0) is 4.74 Å². The van der Waals surface area contributed by atoms with E-state index in [2.05, 4.69) is 16.2 Å². The maximum Gasteiger partial charge on any atom is 0.237 e. The summed E-state index contributed by atoms with van der Waals surface area (Å²) in [6.07, 6.45) is 0. The minimum atomic E-state index is 0.0379. The summed E-state index contributed by atoms with van der Waals surface area (Å²) in [6.45, 7) is 5.19. The molecule has 0 N–H and O–H groups in total. The molecule has 5 nitrogen and oxygen atoms in total. The molecule has 2 heterocycles. The Morgan fingerprint density at radius 3 is 2.59 bits per heavy atom. The molecule has 4 rings (SSSR count). The van der Waals surface area contributed by atoms with Crippen molar-refractivity contribution in [1.29, 1.82) is 0 Å². The fraction of sp³-hybridized carbons (Fsp3) is 0.286. The summed E-state index contributed by atoms with van der Waals surface area (Å²) < 4.78 is 9.92. The third-order valence-electron chi connectivity index (χ3n) is 4.78. The minimum absolute atomic E-state index is 0.0379. The lowest BCUT2D eigenvalue weighted by Crippen LogP contribution is -2.36. The highest BCUT2D eigenvalue weighted by molar-refractivity contribution is 7.05. The zero-order chi connectivity index (χ0) is 18.6. The first-order valence-corrected chi connectivity index (χ1v) is 9.86. The molecule has 1 aromatic heterocycles. The first-order chi connectivity index (χ1) is 13.2. The second-order valence-corrected chi connectivity index (χ2v) is 7.36. The average molecular weight is 379 g/mol. The van der Waals surface area contributed by atoms with E-state index in [1.165, 1.54) is 11.5 Å². The van der Waals surface area contributed by atoms with Gasteiger partial charge in [0, 0.05) is 30.1 Å². The van der Waals surface area contributed by atoms with Crippen LogP contribution in [0.1, 0.15) is 39.3 Å². The van der Waals surface area contributed by atoms with Gasteiger partial charge < -0.3 is 9.64 Å². The van der Waals surface area contributed by atoms with E-state index >= 15 is 0 Å². The van der Waals surface area contributed by atoms with E-state index in [-0.39, 0.29) is 11.7 Å². The average Bonchev–Trinajstić information content (AvgIpc) is 3.24. The molecule has 1 aliphatic heterocycles. The van der Waals surface area contributed by atoms with E-state index in [1.807, 2.05) is 54.6 Å². The van der Waals surface area contributed by atoms with Crippen molar-refractivity contribution in [2.75, 3.05) is 31.2 Å². The number of ketones is 1. The highest BCUT2D eigenvalue weighted by Gasteiger charge is 2.20. The van der Waals surface area contributed by atoms with Crippen LogP contribution in [-0.4, -0.2) is 41.4 Å². The molecule has 1 unspecified atom stereocenters. The van der Waals surface area contributed by atoms with Crippen molar-refractivity contribution >= 4 is 23.3 Å². The standard InChI is InChI=1S/C21H21N3O2S/c1-15(20-22-21(23-27-20)24-10-12-26-13-11-24)17-8-5-9-18(14-17)19(25)16-6-3-2-4-7-16/h2-9,14-15H,10-13H2,1H3. The molecule has 0 amide bonds. The lowest BCUT2D eigenvalue weighted by atomic mass is 9.96. The van der Waals surface area contributed by atoms with Crippen molar-refractivity contribution in [3.8, 4) is 0 Å². The molecule has 1 aliphatic rings. The Hall–Kier alpha value is -2.57. The highest BCUT2D eigenvalue weighted by atomic mass is 32.1. The van der Waals surface area contributed by atoms with Gasteiger partial charge in [0.2, 0.25) is 5.95 Å². The van der Waals surface area contributed by atoms with Crippen molar-refractivity contribution in [1.82, 2.24) is 9.36 Å². The van der Waals surface area contributed by atoms with Gasteiger partial charge in [-0.3, -0.25) is 4.79 Å². The quantitative estimate of drug-likeness (QED) is 0.632. The first kappa shape index (κ1) is 17.8. The van der Waals surface area contributed by atoms with Gasteiger partial charge in [-0.1, -0.05) is 55.5 Å². The largest absolute Gasteiger partial charge is 0.378 e. The fourth-order valence-corrected chi connectivity index (χ4v) is 3.89. The Labute approximate surface area is 162 Å². The summed E-state index contributed by atoms with van der Waals surface area (Å²) in [5, 5.41) is 0.959. The van der Waals surface area contributed by atoms with Gasteiger partial charge in [0.05, 0.1) is 13.2 Å². The number of morpholine rings is 1. The third kappa shape index (κ3) is 3.91. The predicted octanol–water partition coefficient (Wildman–Crippen LogP) is 3.76. The lowest BCUT2D eigenvalue weighted by Gasteiger charge is -2.25. The molecule has 2 aromatic carbocycles. The van der Waals surface area contributed by atoms with E-state index in [9.17, 15) is 4.79 Å². The van der Waals surface area contributed by atoms with Crippen LogP contribution < -0.4 is 4.90 Å². The summed E-state index contributed by atoms with van der Waals surface area (Å²) in [4.78, 5) is 19.6. The van der Waals surface area contributed by atoms with Crippen LogP contribution in [0.5, 0.6) is 0 Å². The Balaban J connectivity index is 1.55. The summed E-state index contributed by atoms with van der Waals surface area (Å²) >= 11 is 1.43. The second-order valence-electron chi connectivity index (χ2n) is 6.57. The van der Waals surface area contributed by atoms with Crippen LogP contribution in [0, 0.1) is 0 Å². The fourth-order valence-electron chi connectivity index (χ4n) is 3.14.